The lowest BCUT2D eigenvalue weighted by molar-refractivity contribution is 0.656. The minimum absolute atomic E-state index is 0.944. The molecule has 0 aromatic rings. The highest BCUT2D eigenvalue weighted by atomic mass is 15.1. The summed E-state index contributed by atoms with van der Waals surface area (Å²) in [5.74, 6) is 0. The molecular weight excluding hydrogens is 206 g/mol. The number of allylic oxidation sites excluding steroid dienone is 5. The van der Waals surface area contributed by atoms with Crippen LogP contribution in [-0.2, 0) is 0 Å². The van der Waals surface area contributed by atoms with Gasteiger partial charge in [-0.2, -0.15) is 0 Å². The predicted molar refractivity (Wildman–Crippen MR) is 82.5 cm³/mol. The van der Waals surface area contributed by atoms with E-state index in [0.29, 0.717) is 0 Å². The first kappa shape index (κ1) is 20.6. The topological polar surface area (TPSA) is 3.24 Å². The van der Waals surface area contributed by atoms with E-state index < -0.39 is 0 Å². The van der Waals surface area contributed by atoms with Crippen LogP contribution in [0.5, 0.6) is 0 Å². The zero-order chi connectivity index (χ0) is 14.1. The van der Waals surface area contributed by atoms with Crippen LogP contribution in [0.2, 0.25) is 0 Å². The van der Waals surface area contributed by atoms with Crippen LogP contribution in [0.15, 0.2) is 74.8 Å². The molecule has 0 aliphatic carbocycles. The van der Waals surface area contributed by atoms with Crippen molar-refractivity contribution in [3.8, 4) is 0 Å². The van der Waals surface area contributed by atoms with Crippen molar-refractivity contribution >= 4 is 0 Å². The molecule has 0 aromatic carbocycles. The summed E-state index contributed by atoms with van der Waals surface area (Å²) in [5, 5.41) is 0. The molecule has 0 spiro atoms. The van der Waals surface area contributed by atoms with Gasteiger partial charge in [-0.05, 0) is 12.2 Å². The Hall–Kier alpha value is -1.76. The van der Waals surface area contributed by atoms with Gasteiger partial charge in [-0.1, -0.05) is 72.2 Å². The second-order valence-corrected chi connectivity index (χ2v) is 2.19. The van der Waals surface area contributed by atoms with Crippen LogP contribution in [0.1, 0.15) is 27.7 Å². The molecule has 0 fully saturated rings. The molecule has 0 aromatic heterocycles. The van der Waals surface area contributed by atoms with Crippen molar-refractivity contribution < 1.29 is 0 Å². The fourth-order valence-corrected chi connectivity index (χ4v) is 0.800. The van der Waals surface area contributed by atoms with Gasteiger partial charge in [0.05, 0.1) is 0 Å². The molecule has 0 rings (SSSR count). The zero-order valence-corrected chi connectivity index (χ0v) is 11.8. The molecule has 0 bridgehead atoms. The lowest BCUT2D eigenvalue weighted by Gasteiger charge is -2.14. The van der Waals surface area contributed by atoms with E-state index >= 15 is 0 Å². The van der Waals surface area contributed by atoms with Crippen LogP contribution in [0, 0.1) is 0 Å². The number of hydrogen-bond acceptors (Lipinski definition) is 1. The van der Waals surface area contributed by atoms with Gasteiger partial charge in [0.2, 0.25) is 0 Å². The average molecular weight is 233 g/mol. The SMILES string of the molecule is C=C/C=C\C(=C\C=C)N(C=C)C=C.CC.CC. The first-order chi connectivity index (χ1) is 8.29. The van der Waals surface area contributed by atoms with E-state index in [4.69, 9.17) is 0 Å². The van der Waals surface area contributed by atoms with E-state index in [1.165, 1.54) is 0 Å². The van der Waals surface area contributed by atoms with Crippen molar-refractivity contribution in [3.63, 3.8) is 0 Å². The van der Waals surface area contributed by atoms with Crippen molar-refractivity contribution in [1.29, 1.82) is 0 Å². The van der Waals surface area contributed by atoms with Crippen LogP contribution in [0.25, 0.3) is 0 Å². The van der Waals surface area contributed by atoms with Gasteiger partial charge in [0.15, 0.2) is 0 Å². The van der Waals surface area contributed by atoms with E-state index in [2.05, 4.69) is 26.3 Å². The molecular formula is C16H27N. The number of nitrogens with zero attached hydrogens (tertiary/aromatic N) is 1. The van der Waals surface area contributed by atoms with E-state index in [-0.39, 0.29) is 0 Å². The van der Waals surface area contributed by atoms with Crippen molar-refractivity contribution in [1.82, 2.24) is 4.90 Å². The molecule has 0 radical (unpaired) electrons. The summed E-state index contributed by atoms with van der Waals surface area (Å²) in [5.41, 5.74) is 0.944. The fraction of sp³-hybridized carbons (Fsp3) is 0.250. The molecule has 0 amide bonds. The Morgan fingerprint density at radius 1 is 0.824 bits per heavy atom. The van der Waals surface area contributed by atoms with Gasteiger partial charge in [0.25, 0.3) is 0 Å². The molecule has 0 unspecified atom stereocenters. The molecule has 0 saturated heterocycles. The first-order valence-corrected chi connectivity index (χ1v) is 5.95. The van der Waals surface area contributed by atoms with Crippen LogP contribution in [0.4, 0.5) is 0 Å². The van der Waals surface area contributed by atoms with Crippen molar-refractivity contribution in [2.75, 3.05) is 0 Å². The van der Waals surface area contributed by atoms with Gasteiger partial charge in [-0.15, -0.1) is 0 Å². The lowest BCUT2D eigenvalue weighted by Crippen LogP contribution is -2.05. The standard InChI is InChI=1S/C12H15N.2C2H6/c1-5-9-11-12(10-6-2)13(7-3)8-4;2*1-2/h5-11H,1-4H2;2*1-2H3/b11-9-,12-10-;;. The summed E-state index contributed by atoms with van der Waals surface area (Å²) < 4.78 is 0. The number of hydrogen-bond donors (Lipinski definition) is 0. The molecule has 96 valence electrons. The Kier molecular flexibility index (Phi) is 24.0. The van der Waals surface area contributed by atoms with Gasteiger partial charge < -0.3 is 4.90 Å². The van der Waals surface area contributed by atoms with Crippen molar-refractivity contribution in [2.24, 2.45) is 0 Å². The van der Waals surface area contributed by atoms with Gasteiger partial charge in [0, 0.05) is 18.1 Å². The third kappa shape index (κ3) is 12.2. The van der Waals surface area contributed by atoms with Crippen LogP contribution >= 0.6 is 0 Å². The molecule has 1 nitrogen and oxygen atoms in total. The Balaban J connectivity index is -0.000000439. The van der Waals surface area contributed by atoms with Gasteiger partial charge in [-0.3, -0.25) is 0 Å². The molecule has 0 saturated carbocycles. The van der Waals surface area contributed by atoms with E-state index in [1.807, 2.05) is 45.9 Å². The number of rotatable bonds is 6. The van der Waals surface area contributed by atoms with Gasteiger partial charge in [-0.25, -0.2) is 0 Å². The predicted octanol–water partition coefficient (Wildman–Crippen LogP) is 5.44. The summed E-state index contributed by atoms with van der Waals surface area (Å²) in [6.07, 6.45) is 12.4. The van der Waals surface area contributed by atoms with Gasteiger partial charge >= 0.3 is 0 Å². The maximum atomic E-state index is 3.66. The lowest BCUT2D eigenvalue weighted by atomic mass is 10.3. The van der Waals surface area contributed by atoms with Crippen LogP contribution in [0.3, 0.4) is 0 Å². The third-order valence-electron chi connectivity index (χ3n) is 1.38. The Morgan fingerprint density at radius 3 is 1.59 bits per heavy atom. The van der Waals surface area contributed by atoms with E-state index in [1.54, 1.807) is 29.5 Å². The van der Waals surface area contributed by atoms with Crippen LogP contribution in [-0.4, -0.2) is 4.90 Å². The first-order valence-electron chi connectivity index (χ1n) is 5.95. The normalized spacial score (nSPS) is 9.06. The molecule has 0 aliphatic heterocycles. The monoisotopic (exact) mass is 233 g/mol. The molecule has 0 heterocycles. The maximum absolute atomic E-state index is 3.66. The summed E-state index contributed by atoms with van der Waals surface area (Å²) in [4.78, 5) is 1.79. The second kappa shape index (κ2) is 19.8. The minimum Gasteiger partial charge on any atom is -0.325 e. The molecule has 0 atom stereocenters. The van der Waals surface area contributed by atoms with E-state index in [0.717, 1.165) is 5.70 Å². The Morgan fingerprint density at radius 2 is 1.29 bits per heavy atom. The zero-order valence-electron chi connectivity index (χ0n) is 11.8. The Bertz CT molecular complexity index is 249. The maximum Gasteiger partial charge on any atom is 0.0448 e. The van der Waals surface area contributed by atoms with Gasteiger partial charge in [0.1, 0.15) is 0 Å². The highest BCUT2D eigenvalue weighted by Crippen LogP contribution is 2.07. The highest BCUT2D eigenvalue weighted by molar-refractivity contribution is 5.26. The third-order valence-corrected chi connectivity index (χ3v) is 1.38. The summed E-state index contributed by atoms with van der Waals surface area (Å²) in [6.45, 7) is 22.5. The smallest absolute Gasteiger partial charge is 0.0448 e. The Labute approximate surface area is 108 Å². The molecule has 0 aliphatic rings. The van der Waals surface area contributed by atoms with Crippen molar-refractivity contribution in [3.05, 3.63) is 74.8 Å². The summed E-state index contributed by atoms with van der Waals surface area (Å²) in [7, 11) is 0. The van der Waals surface area contributed by atoms with E-state index in [9.17, 15) is 0 Å². The van der Waals surface area contributed by atoms with Crippen molar-refractivity contribution in [2.45, 2.75) is 27.7 Å². The highest BCUT2D eigenvalue weighted by Gasteiger charge is 1.94. The second-order valence-electron chi connectivity index (χ2n) is 2.19. The fourth-order valence-electron chi connectivity index (χ4n) is 0.800. The average Bonchev–Trinajstić information content (AvgIpc) is 2.42. The molecule has 0 N–H and O–H groups in total. The van der Waals surface area contributed by atoms with Crippen LogP contribution < -0.4 is 0 Å². The minimum atomic E-state index is 0.944. The summed E-state index contributed by atoms with van der Waals surface area (Å²) in [6, 6.07) is 0. The quantitative estimate of drug-likeness (QED) is 0.552. The largest absolute Gasteiger partial charge is 0.325 e. The molecule has 17 heavy (non-hydrogen) atoms. The molecule has 1 heteroatoms. The summed E-state index contributed by atoms with van der Waals surface area (Å²) >= 11 is 0.